The third-order valence-electron chi connectivity index (χ3n) is 8.44. The lowest BCUT2D eigenvalue weighted by atomic mass is 9.90. The minimum absolute atomic E-state index is 0.125. The smallest absolute Gasteiger partial charge is 0.287 e. The minimum Gasteiger partial charge on any atom is -0.449 e. The summed E-state index contributed by atoms with van der Waals surface area (Å²) in [5.74, 6) is 0.736. The minimum atomic E-state index is -0.180. The molecule has 6 rings (SSSR count). The van der Waals surface area contributed by atoms with E-state index in [1.165, 1.54) is 5.69 Å². The van der Waals surface area contributed by atoms with Crippen molar-refractivity contribution in [2.45, 2.75) is 19.3 Å². The number of aromatic nitrogens is 1. The molecule has 1 saturated carbocycles. The van der Waals surface area contributed by atoms with Gasteiger partial charge in [0.25, 0.3) is 11.8 Å². The van der Waals surface area contributed by atoms with Crippen LogP contribution in [0.15, 0.2) is 53.2 Å². The van der Waals surface area contributed by atoms with Crippen LogP contribution in [0.4, 0.5) is 5.69 Å². The van der Waals surface area contributed by atoms with Crippen molar-refractivity contribution in [2.24, 2.45) is 11.3 Å². The fraction of sp³-hybridized carbons (Fsp3) is 0.464. The Morgan fingerprint density at radius 2 is 1.81 bits per heavy atom. The van der Waals surface area contributed by atoms with E-state index in [0.717, 1.165) is 69.5 Å². The molecule has 1 spiro atoms. The van der Waals surface area contributed by atoms with Crippen LogP contribution in [-0.2, 0) is 0 Å². The van der Waals surface area contributed by atoms with E-state index in [1.54, 1.807) is 18.5 Å². The number of likely N-dealkylation sites (N-methyl/N-ethyl adjacent to an activating group) is 1. The Balaban J connectivity index is 0.985. The van der Waals surface area contributed by atoms with Gasteiger partial charge in [-0.25, -0.2) is 0 Å². The molecule has 8 heteroatoms. The van der Waals surface area contributed by atoms with E-state index >= 15 is 0 Å². The average molecular weight is 488 g/mol. The molecular weight excluding hydrogens is 454 g/mol. The summed E-state index contributed by atoms with van der Waals surface area (Å²) in [5.41, 5.74) is 2.84. The van der Waals surface area contributed by atoms with Crippen molar-refractivity contribution >= 4 is 28.5 Å². The second-order valence-electron chi connectivity index (χ2n) is 10.6. The Morgan fingerprint density at radius 1 is 1.06 bits per heavy atom. The van der Waals surface area contributed by atoms with Gasteiger partial charge in [-0.05, 0) is 74.0 Å². The lowest BCUT2D eigenvalue weighted by Gasteiger charge is -2.34. The molecule has 1 N–H and O–H groups in total. The molecule has 0 radical (unpaired) electrons. The van der Waals surface area contributed by atoms with Crippen LogP contribution in [0.1, 0.15) is 40.2 Å². The van der Waals surface area contributed by atoms with Gasteiger partial charge in [-0.1, -0.05) is 0 Å². The predicted molar refractivity (Wildman–Crippen MR) is 138 cm³/mol. The van der Waals surface area contributed by atoms with Gasteiger partial charge < -0.3 is 24.4 Å². The molecule has 1 aliphatic carbocycles. The van der Waals surface area contributed by atoms with E-state index in [1.807, 2.05) is 23.1 Å². The SMILES string of the molecule is CN1CCN(c2ccc(C(=O)N3CCC4(CC3)CC4CNC(=O)c3cc4ccncc4o3)cc2)CC1. The molecule has 0 bridgehead atoms. The number of fused-ring (bicyclic) bond motifs is 1. The first-order chi connectivity index (χ1) is 17.5. The number of pyridine rings is 1. The van der Waals surface area contributed by atoms with Gasteiger partial charge in [0.05, 0.1) is 6.20 Å². The zero-order valence-electron chi connectivity index (χ0n) is 20.8. The van der Waals surface area contributed by atoms with Crippen molar-refractivity contribution in [1.82, 2.24) is 20.1 Å². The van der Waals surface area contributed by atoms with E-state index in [4.69, 9.17) is 4.42 Å². The summed E-state index contributed by atoms with van der Waals surface area (Å²) in [4.78, 5) is 36.4. The number of benzene rings is 1. The van der Waals surface area contributed by atoms with Gasteiger partial charge in [0, 0.05) is 68.6 Å². The lowest BCUT2D eigenvalue weighted by Crippen LogP contribution is -2.44. The third-order valence-corrected chi connectivity index (χ3v) is 8.44. The Kier molecular flexibility index (Phi) is 5.91. The number of carbonyl (C=O) groups is 2. The maximum atomic E-state index is 13.1. The number of rotatable bonds is 5. The van der Waals surface area contributed by atoms with Crippen LogP contribution < -0.4 is 10.2 Å². The Bertz CT molecular complexity index is 1220. The molecule has 2 amide bonds. The monoisotopic (exact) mass is 487 g/mol. The highest BCUT2D eigenvalue weighted by Crippen LogP contribution is 2.59. The quantitative estimate of drug-likeness (QED) is 0.595. The number of piperazine rings is 1. The predicted octanol–water partition coefficient (Wildman–Crippen LogP) is 3.25. The van der Waals surface area contributed by atoms with E-state index in [-0.39, 0.29) is 17.2 Å². The third kappa shape index (κ3) is 4.46. The second-order valence-corrected chi connectivity index (χ2v) is 10.6. The zero-order chi connectivity index (χ0) is 24.7. The molecule has 188 valence electrons. The van der Waals surface area contributed by atoms with Crippen LogP contribution >= 0.6 is 0 Å². The molecule has 3 fully saturated rings. The van der Waals surface area contributed by atoms with Gasteiger partial charge in [-0.3, -0.25) is 14.6 Å². The molecule has 2 saturated heterocycles. The zero-order valence-corrected chi connectivity index (χ0v) is 20.8. The summed E-state index contributed by atoms with van der Waals surface area (Å²) >= 11 is 0. The van der Waals surface area contributed by atoms with E-state index in [9.17, 15) is 9.59 Å². The number of carbonyl (C=O) groups excluding carboxylic acids is 2. The van der Waals surface area contributed by atoms with Crippen molar-refractivity contribution in [3.8, 4) is 0 Å². The summed E-state index contributed by atoms with van der Waals surface area (Å²) in [6, 6.07) is 11.7. The molecule has 2 aromatic heterocycles. The highest BCUT2D eigenvalue weighted by atomic mass is 16.3. The first-order valence-electron chi connectivity index (χ1n) is 13.0. The molecule has 3 aromatic rings. The number of nitrogens with zero attached hydrogens (tertiary/aromatic N) is 4. The van der Waals surface area contributed by atoms with Gasteiger partial charge in [0.15, 0.2) is 11.3 Å². The molecule has 8 nitrogen and oxygen atoms in total. The van der Waals surface area contributed by atoms with Crippen LogP contribution in [0.2, 0.25) is 0 Å². The summed E-state index contributed by atoms with van der Waals surface area (Å²) in [6.07, 6.45) is 6.41. The Morgan fingerprint density at radius 3 is 2.53 bits per heavy atom. The first-order valence-corrected chi connectivity index (χ1v) is 13.0. The molecule has 2 aliphatic heterocycles. The second kappa shape index (κ2) is 9.24. The van der Waals surface area contributed by atoms with Crippen LogP contribution in [0.3, 0.4) is 0 Å². The maximum absolute atomic E-state index is 13.1. The molecule has 1 aromatic carbocycles. The fourth-order valence-electron chi connectivity index (χ4n) is 5.85. The normalized spacial score (nSPS) is 21.6. The van der Waals surface area contributed by atoms with Crippen LogP contribution in [0.25, 0.3) is 11.0 Å². The van der Waals surface area contributed by atoms with Gasteiger partial charge >= 0.3 is 0 Å². The largest absolute Gasteiger partial charge is 0.449 e. The summed E-state index contributed by atoms with van der Waals surface area (Å²) in [7, 11) is 2.16. The molecule has 3 aliphatic rings. The summed E-state index contributed by atoms with van der Waals surface area (Å²) in [6.45, 7) is 6.39. The average Bonchev–Trinajstić information content (AvgIpc) is 3.38. The van der Waals surface area contributed by atoms with E-state index in [0.29, 0.717) is 23.8 Å². The van der Waals surface area contributed by atoms with Crippen LogP contribution in [0.5, 0.6) is 0 Å². The number of amides is 2. The fourth-order valence-corrected chi connectivity index (χ4v) is 5.85. The first kappa shape index (κ1) is 23.0. The van der Waals surface area contributed by atoms with Crippen molar-refractivity contribution in [3.63, 3.8) is 0 Å². The van der Waals surface area contributed by atoms with Crippen molar-refractivity contribution < 1.29 is 14.0 Å². The van der Waals surface area contributed by atoms with Crippen molar-refractivity contribution in [3.05, 3.63) is 60.1 Å². The van der Waals surface area contributed by atoms with Crippen molar-refractivity contribution in [1.29, 1.82) is 0 Å². The number of nitrogens with one attached hydrogen (secondary N) is 1. The lowest BCUT2D eigenvalue weighted by molar-refractivity contribution is 0.0668. The standard InChI is InChI=1S/C28H33N5O3/c1-31-12-14-32(15-13-31)23-4-2-20(3-5-23)27(35)33-10-7-28(8-11-33)17-22(28)18-30-26(34)24-16-21-6-9-29-19-25(21)36-24/h2-6,9,16,19,22H,7-8,10-15,17-18H2,1H3,(H,30,34). The Hall–Kier alpha value is -3.39. The van der Waals surface area contributed by atoms with E-state index in [2.05, 4.69) is 39.3 Å². The maximum Gasteiger partial charge on any atom is 0.287 e. The van der Waals surface area contributed by atoms with Crippen molar-refractivity contribution in [2.75, 3.05) is 57.8 Å². The summed E-state index contributed by atoms with van der Waals surface area (Å²) in [5, 5.41) is 3.93. The molecule has 36 heavy (non-hydrogen) atoms. The summed E-state index contributed by atoms with van der Waals surface area (Å²) < 4.78 is 5.62. The topological polar surface area (TPSA) is 81.9 Å². The number of furan rings is 1. The number of hydrogen-bond donors (Lipinski definition) is 1. The van der Waals surface area contributed by atoms with Crippen LogP contribution in [0, 0.1) is 11.3 Å². The van der Waals surface area contributed by atoms with Gasteiger partial charge in [0.1, 0.15) is 0 Å². The molecule has 1 atom stereocenters. The molecular formula is C28H33N5O3. The van der Waals surface area contributed by atoms with Gasteiger partial charge in [-0.2, -0.15) is 0 Å². The number of piperidine rings is 1. The Labute approximate surface area is 211 Å². The van der Waals surface area contributed by atoms with Gasteiger partial charge in [0.2, 0.25) is 0 Å². The van der Waals surface area contributed by atoms with E-state index < -0.39 is 0 Å². The highest BCUT2D eigenvalue weighted by molar-refractivity contribution is 5.96. The number of likely N-dealkylation sites (tertiary alicyclic amines) is 1. The van der Waals surface area contributed by atoms with Gasteiger partial charge in [-0.15, -0.1) is 0 Å². The molecule has 4 heterocycles. The highest BCUT2D eigenvalue weighted by Gasteiger charge is 2.54. The number of anilines is 1. The molecule has 1 unspecified atom stereocenters. The van der Waals surface area contributed by atoms with Crippen LogP contribution in [-0.4, -0.2) is 79.5 Å². The number of hydrogen-bond acceptors (Lipinski definition) is 6.